The first-order valence-electron chi connectivity index (χ1n) is 9.16. The fraction of sp³-hybridized carbons (Fsp3) is 0.0400. The number of para-hydroxylation sites is 4. The maximum atomic E-state index is 8.67. The van der Waals surface area contributed by atoms with Crippen LogP contribution in [0.2, 0.25) is 0 Å². The van der Waals surface area contributed by atoms with E-state index >= 15 is 0 Å². The van der Waals surface area contributed by atoms with E-state index in [0.717, 1.165) is 6.42 Å². The molecule has 29 heavy (non-hydrogen) atoms. The Morgan fingerprint density at radius 3 is 0.966 bits per heavy atom. The lowest BCUT2D eigenvalue weighted by molar-refractivity contribution is 0.404. The van der Waals surface area contributed by atoms with E-state index in [9.17, 15) is 0 Å². The van der Waals surface area contributed by atoms with Crippen molar-refractivity contribution in [3.05, 3.63) is 108 Å². The Balaban J connectivity index is 0.000000132. The van der Waals surface area contributed by atoms with Crippen molar-refractivity contribution in [2.75, 3.05) is 0 Å². The summed E-state index contributed by atoms with van der Waals surface area (Å²) in [4.78, 5) is 0. The van der Waals surface area contributed by atoms with Crippen molar-refractivity contribution in [3.8, 4) is 34.1 Å². The molecule has 5 rings (SSSR count). The van der Waals surface area contributed by atoms with E-state index in [1.165, 1.54) is 46.5 Å². The van der Waals surface area contributed by atoms with E-state index in [4.69, 9.17) is 20.4 Å². The number of benzene rings is 4. The Kier molecular flexibility index (Phi) is 6.38. The van der Waals surface area contributed by atoms with Crippen LogP contribution < -0.4 is 0 Å². The second-order valence-electron chi connectivity index (χ2n) is 6.47. The van der Waals surface area contributed by atoms with Gasteiger partial charge in [-0.2, -0.15) is 0 Å². The molecule has 4 aromatic rings. The highest BCUT2D eigenvalue weighted by atomic mass is 16.3. The molecule has 0 unspecified atom stereocenters. The minimum absolute atomic E-state index is 0.0764. The highest BCUT2D eigenvalue weighted by Crippen LogP contribution is 2.35. The van der Waals surface area contributed by atoms with Crippen molar-refractivity contribution in [2.24, 2.45) is 0 Å². The van der Waals surface area contributed by atoms with Crippen LogP contribution >= 0.6 is 0 Å². The van der Waals surface area contributed by atoms with Crippen LogP contribution in [0.1, 0.15) is 11.1 Å². The second kappa shape index (κ2) is 9.33. The van der Waals surface area contributed by atoms with Crippen molar-refractivity contribution in [1.29, 1.82) is 0 Å². The summed E-state index contributed by atoms with van der Waals surface area (Å²) in [5.74, 6) is -0.306. The summed E-state index contributed by atoms with van der Waals surface area (Å²) in [6.45, 7) is 0. The van der Waals surface area contributed by atoms with Gasteiger partial charge in [0.05, 0.1) is 0 Å². The molecule has 0 bridgehead atoms. The smallest absolute Gasteiger partial charge is 0.157 e. The molecule has 0 aliphatic heterocycles. The summed E-state index contributed by atoms with van der Waals surface area (Å²) in [5.41, 5.74) is 5.75. The number of rotatable bonds is 0. The van der Waals surface area contributed by atoms with Gasteiger partial charge in [0, 0.05) is 0 Å². The minimum Gasteiger partial charge on any atom is -0.504 e. The Labute approximate surface area is 169 Å². The molecule has 0 fully saturated rings. The van der Waals surface area contributed by atoms with Gasteiger partial charge in [0.25, 0.3) is 0 Å². The fourth-order valence-electron chi connectivity index (χ4n) is 3.01. The first-order chi connectivity index (χ1) is 14.1. The average Bonchev–Trinajstić information content (AvgIpc) is 3.12. The van der Waals surface area contributed by atoms with E-state index < -0.39 is 0 Å². The van der Waals surface area contributed by atoms with Crippen LogP contribution in [0, 0.1) is 0 Å². The second-order valence-corrected chi connectivity index (χ2v) is 6.47. The summed E-state index contributed by atoms with van der Waals surface area (Å²) < 4.78 is 0. The zero-order valence-electron chi connectivity index (χ0n) is 15.7. The van der Waals surface area contributed by atoms with Crippen LogP contribution in [0.15, 0.2) is 97.1 Å². The third-order valence-electron chi connectivity index (χ3n) is 4.47. The van der Waals surface area contributed by atoms with Crippen molar-refractivity contribution in [1.82, 2.24) is 0 Å². The molecule has 0 saturated carbocycles. The van der Waals surface area contributed by atoms with Gasteiger partial charge >= 0.3 is 0 Å². The number of fused-ring (bicyclic) bond motifs is 3. The van der Waals surface area contributed by atoms with Crippen molar-refractivity contribution in [2.45, 2.75) is 6.42 Å². The maximum absolute atomic E-state index is 8.67. The zero-order valence-corrected chi connectivity index (χ0v) is 15.7. The molecule has 0 heterocycles. The molecule has 1 aliphatic carbocycles. The van der Waals surface area contributed by atoms with Crippen LogP contribution in [0.5, 0.6) is 23.0 Å². The highest BCUT2D eigenvalue weighted by molar-refractivity contribution is 5.76. The molecule has 0 amide bonds. The van der Waals surface area contributed by atoms with Crippen molar-refractivity contribution in [3.63, 3.8) is 0 Å². The van der Waals surface area contributed by atoms with Crippen LogP contribution in [0.25, 0.3) is 11.1 Å². The number of phenols is 4. The maximum Gasteiger partial charge on any atom is 0.157 e. The summed E-state index contributed by atoms with van der Waals surface area (Å²) in [5, 5.41) is 34.7. The Hall–Kier alpha value is -3.92. The van der Waals surface area contributed by atoms with Crippen LogP contribution in [0.3, 0.4) is 0 Å². The lowest BCUT2D eigenvalue weighted by Crippen LogP contribution is -1.77. The van der Waals surface area contributed by atoms with Crippen LogP contribution in [-0.4, -0.2) is 20.4 Å². The van der Waals surface area contributed by atoms with Gasteiger partial charge in [-0.25, -0.2) is 0 Å². The predicted octanol–water partition coefficient (Wildman–Crippen LogP) is 5.45. The summed E-state index contributed by atoms with van der Waals surface area (Å²) >= 11 is 0. The quantitative estimate of drug-likeness (QED) is 0.267. The number of phenolic OH excluding ortho intramolecular Hbond substituents is 4. The molecule has 4 N–H and O–H groups in total. The van der Waals surface area contributed by atoms with Gasteiger partial charge in [-0.1, -0.05) is 72.8 Å². The Morgan fingerprint density at radius 2 is 0.655 bits per heavy atom. The lowest BCUT2D eigenvalue weighted by Gasteiger charge is -1.98. The van der Waals surface area contributed by atoms with Crippen LogP contribution in [-0.2, 0) is 6.42 Å². The largest absolute Gasteiger partial charge is 0.504 e. The SMILES string of the molecule is Oc1ccccc1O.Oc1ccccc1O.c1ccc2c(c1)Cc1ccccc1-2. The first kappa shape index (κ1) is 19.8. The topological polar surface area (TPSA) is 80.9 Å². The molecule has 146 valence electrons. The van der Waals surface area contributed by atoms with E-state index in [-0.39, 0.29) is 23.0 Å². The van der Waals surface area contributed by atoms with Crippen LogP contribution in [0.4, 0.5) is 0 Å². The molecule has 0 saturated heterocycles. The normalized spacial score (nSPS) is 10.5. The molecule has 4 nitrogen and oxygen atoms in total. The average molecular weight is 386 g/mol. The van der Waals surface area contributed by atoms with E-state index in [0.29, 0.717) is 0 Å². The standard InChI is InChI=1S/C13H10.2C6H6O2/c1-3-7-12-10(5-1)9-11-6-2-4-8-13(11)12;2*7-5-3-1-2-4-6(5)8/h1-8H,9H2;2*1-4,7-8H. The van der Waals surface area contributed by atoms with Gasteiger partial charge < -0.3 is 20.4 Å². The molecule has 0 spiro atoms. The van der Waals surface area contributed by atoms with E-state index in [2.05, 4.69) is 48.5 Å². The number of aromatic hydroxyl groups is 4. The number of hydrogen-bond donors (Lipinski definition) is 4. The first-order valence-corrected chi connectivity index (χ1v) is 9.16. The van der Waals surface area contributed by atoms with Crippen molar-refractivity contribution >= 4 is 0 Å². The molecular weight excluding hydrogens is 364 g/mol. The molecular formula is C25H22O4. The number of hydrogen-bond acceptors (Lipinski definition) is 4. The molecule has 1 aliphatic rings. The summed E-state index contributed by atoms with van der Waals surface area (Å²) in [6, 6.07) is 29.6. The van der Waals surface area contributed by atoms with E-state index in [1.807, 2.05) is 0 Å². The fourth-order valence-corrected chi connectivity index (χ4v) is 3.01. The van der Waals surface area contributed by atoms with Gasteiger partial charge in [0.15, 0.2) is 23.0 Å². The molecule has 0 radical (unpaired) electrons. The van der Waals surface area contributed by atoms with Gasteiger partial charge in [-0.3, -0.25) is 0 Å². The Bertz CT molecular complexity index is 960. The Morgan fingerprint density at radius 1 is 0.379 bits per heavy atom. The lowest BCUT2D eigenvalue weighted by atomic mass is 10.1. The van der Waals surface area contributed by atoms with Crippen molar-refractivity contribution < 1.29 is 20.4 Å². The molecule has 4 aromatic carbocycles. The minimum atomic E-state index is -0.0764. The summed E-state index contributed by atoms with van der Waals surface area (Å²) in [6.07, 6.45) is 1.10. The van der Waals surface area contributed by atoms with Gasteiger partial charge in [0.2, 0.25) is 0 Å². The molecule has 4 heteroatoms. The third kappa shape index (κ3) is 5.08. The predicted molar refractivity (Wildman–Crippen MR) is 114 cm³/mol. The molecule has 0 aromatic heterocycles. The van der Waals surface area contributed by atoms with E-state index in [1.54, 1.807) is 24.3 Å². The monoisotopic (exact) mass is 386 g/mol. The highest BCUT2D eigenvalue weighted by Gasteiger charge is 2.15. The van der Waals surface area contributed by atoms with Gasteiger partial charge in [-0.05, 0) is 52.9 Å². The third-order valence-corrected chi connectivity index (χ3v) is 4.47. The summed E-state index contributed by atoms with van der Waals surface area (Å²) in [7, 11) is 0. The van der Waals surface area contributed by atoms with Gasteiger partial charge in [0.1, 0.15) is 0 Å². The molecule has 0 atom stereocenters. The zero-order chi connectivity index (χ0) is 20.6. The van der Waals surface area contributed by atoms with Gasteiger partial charge in [-0.15, -0.1) is 0 Å².